The highest BCUT2D eigenvalue weighted by molar-refractivity contribution is 5.93. The molecule has 5 heteroatoms. The number of aromatic nitrogens is 2. The SMILES string of the molecule is Cc1ccccc1Cc1nc(C)c(C(=O)O)c(N)n1. The Morgan fingerprint density at radius 3 is 2.53 bits per heavy atom. The molecule has 1 heterocycles. The maximum Gasteiger partial charge on any atom is 0.341 e. The van der Waals surface area contributed by atoms with Gasteiger partial charge in [0.2, 0.25) is 0 Å². The van der Waals surface area contributed by atoms with Crippen LogP contribution in [0.4, 0.5) is 5.82 Å². The molecule has 0 amide bonds. The van der Waals surface area contributed by atoms with Gasteiger partial charge in [0.05, 0.1) is 5.69 Å². The smallest absolute Gasteiger partial charge is 0.341 e. The van der Waals surface area contributed by atoms with E-state index in [1.807, 2.05) is 31.2 Å². The number of nitrogen functional groups attached to an aromatic ring is 1. The molecule has 1 aromatic heterocycles. The van der Waals surface area contributed by atoms with E-state index < -0.39 is 5.97 Å². The number of carboxylic acid groups (broad SMARTS) is 1. The number of carboxylic acids is 1. The zero-order valence-corrected chi connectivity index (χ0v) is 10.8. The minimum atomic E-state index is -1.10. The highest BCUT2D eigenvalue weighted by atomic mass is 16.4. The van der Waals surface area contributed by atoms with Gasteiger partial charge in [-0.3, -0.25) is 0 Å². The molecule has 0 spiro atoms. The van der Waals surface area contributed by atoms with Crippen LogP contribution in [0.25, 0.3) is 0 Å². The van der Waals surface area contributed by atoms with Crippen molar-refractivity contribution in [3.8, 4) is 0 Å². The van der Waals surface area contributed by atoms with Crippen LogP contribution in [-0.4, -0.2) is 21.0 Å². The van der Waals surface area contributed by atoms with Crippen molar-refractivity contribution < 1.29 is 9.90 Å². The molecule has 0 unspecified atom stereocenters. The van der Waals surface area contributed by atoms with Gasteiger partial charge in [-0.05, 0) is 25.0 Å². The van der Waals surface area contributed by atoms with Crippen LogP contribution in [0, 0.1) is 13.8 Å². The van der Waals surface area contributed by atoms with Crippen LogP contribution >= 0.6 is 0 Å². The Bertz CT molecular complexity index is 615. The lowest BCUT2D eigenvalue weighted by atomic mass is 10.1. The van der Waals surface area contributed by atoms with Crippen LogP contribution in [0.5, 0.6) is 0 Å². The van der Waals surface area contributed by atoms with Gasteiger partial charge in [0.1, 0.15) is 17.2 Å². The van der Waals surface area contributed by atoms with Crippen molar-refractivity contribution in [1.29, 1.82) is 0 Å². The second-order valence-corrected chi connectivity index (χ2v) is 4.39. The number of nitrogens with zero attached hydrogens (tertiary/aromatic N) is 2. The Morgan fingerprint density at radius 2 is 1.95 bits per heavy atom. The second kappa shape index (κ2) is 5.06. The summed E-state index contributed by atoms with van der Waals surface area (Å²) >= 11 is 0. The molecule has 2 aromatic rings. The highest BCUT2D eigenvalue weighted by Gasteiger charge is 2.16. The molecule has 0 aliphatic carbocycles. The number of nitrogens with two attached hydrogens (primary N) is 1. The number of rotatable bonds is 3. The van der Waals surface area contributed by atoms with Crippen LogP contribution < -0.4 is 5.73 Å². The van der Waals surface area contributed by atoms with E-state index in [2.05, 4.69) is 9.97 Å². The summed E-state index contributed by atoms with van der Waals surface area (Å²) < 4.78 is 0. The highest BCUT2D eigenvalue weighted by Crippen LogP contribution is 2.16. The fourth-order valence-electron chi connectivity index (χ4n) is 1.98. The average Bonchev–Trinajstić information content (AvgIpc) is 2.30. The van der Waals surface area contributed by atoms with E-state index >= 15 is 0 Å². The van der Waals surface area contributed by atoms with Gasteiger partial charge in [0.25, 0.3) is 0 Å². The fraction of sp³-hybridized carbons (Fsp3) is 0.214. The summed E-state index contributed by atoms with van der Waals surface area (Å²) in [6.07, 6.45) is 0.539. The van der Waals surface area contributed by atoms with E-state index in [0.29, 0.717) is 17.9 Å². The van der Waals surface area contributed by atoms with Gasteiger partial charge in [0.15, 0.2) is 0 Å². The van der Waals surface area contributed by atoms with Gasteiger partial charge in [-0.2, -0.15) is 0 Å². The molecule has 0 fully saturated rings. The van der Waals surface area contributed by atoms with Crippen LogP contribution in [0.2, 0.25) is 0 Å². The summed E-state index contributed by atoms with van der Waals surface area (Å²) in [6, 6.07) is 7.92. The molecule has 0 radical (unpaired) electrons. The first-order valence-electron chi connectivity index (χ1n) is 5.90. The molecule has 3 N–H and O–H groups in total. The van der Waals surface area contributed by atoms with Gasteiger partial charge < -0.3 is 10.8 Å². The number of carbonyl (C=O) groups is 1. The summed E-state index contributed by atoms with van der Waals surface area (Å²) in [7, 11) is 0. The van der Waals surface area contributed by atoms with Gasteiger partial charge >= 0.3 is 5.97 Å². The first-order chi connectivity index (χ1) is 8.99. The van der Waals surface area contributed by atoms with Crippen LogP contribution in [0.3, 0.4) is 0 Å². The fourth-order valence-corrected chi connectivity index (χ4v) is 1.98. The molecule has 0 bridgehead atoms. The molecule has 19 heavy (non-hydrogen) atoms. The van der Waals surface area contributed by atoms with Gasteiger partial charge in [-0.1, -0.05) is 24.3 Å². The third-order valence-electron chi connectivity index (χ3n) is 2.99. The van der Waals surface area contributed by atoms with Crippen molar-refractivity contribution in [2.24, 2.45) is 0 Å². The van der Waals surface area contributed by atoms with Crippen molar-refractivity contribution >= 4 is 11.8 Å². The van der Waals surface area contributed by atoms with E-state index in [-0.39, 0.29) is 11.4 Å². The van der Waals surface area contributed by atoms with Crippen molar-refractivity contribution in [1.82, 2.24) is 9.97 Å². The molecule has 0 aliphatic heterocycles. The molecule has 2 rings (SSSR count). The zero-order chi connectivity index (χ0) is 14.0. The first kappa shape index (κ1) is 13.0. The molecular weight excluding hydrogens is 242 g/mol. The molecule has 0 atom stereocenters. The lowest BCUT2D eigenvalue weighted by Crippen LogP contribution is -2.12. The number of benzene rings is 1. The third kappa shape index (κ3) is 2.70. The van der Waals surface area contributed by atoms with E-state index in [1.54, 1.807) is 6.92 Å². The van der Waals surface area contributed by atoms with Crippen molar-refractivity contribution in [3.63, 3.8) is 0 Å². The average molecular weight is 257 g/mol. The van der Waals surface area contributed by atoms with E-state index in [0.717, 1.165) is 11.1 Å². The number of hydrogen-bond donors (Lipinski definition) is 2. The maximum absolute atomic E-state index is 11.0. The largest absolute Gasteiger partial charge is 0.477 e. The summed E-state index contributed by atoms with van der Waals surface area (Å²) in [5.74, 6) is -0.546. The Hall–Kier alpha value is -2.43. The first-order valence-corrected chi connectivity index (χ1v) is 5.90. The van der Waals surface area contributed by atoms with Gasteiger partial charge in [0, 0.05) is 6.42 Å². The van der Waals surface area contributed by atoms with Crippen molar-refractivity contribution in [2.45, 2.75) is 20.3 Å². The molecule has 0 saturated carbocycles. The van der Waals surface area contributed by atoms with Gasteiger partial charge in [-0.25, -0.2) is 14.8 Å². The summed E-state index contributed by atoms with van der Waals surface area (Å²) in [6.45, 7) is 3.64. The summed E-state index contributed by atoms with van der Waals surface area (Å²) in [4.78, 5) is 19.3. The van der Waals surface area contributed by atoms with Crippen LogP contribution in [-0.2, 0) is 6.42 Å². The quantitative estimate of drug-likeness (QED) is 0.877. The molecular formula is C14H15N3O2. The Labute approximate surface area is 111 Å². The standard InChI is InChI=1S/C14H15N3O2/c1-8-5-3-4-6-10(8)7-11-16-9(2)12(14(18)19)13(15)17-11/h3-6H,7H2,1-2H3,(H,18,19)(H2,15,16,17). The summed E-state index contributed by atoms with van der Waals surface area (Å²) in [5.41, 5.74) is 8.30. The molecule has 98 valence electrons. The minimum Gasteiger partial charge on any atom is -0.477 e. The van der Waals surface area contributed by atoms with Crippen LogP contribution in [0.15, 0.2) is 24.3 Å². The topological polar surface area (TPSA) is 89.1 Å². The zero-order valence-electron chi connectivity index (χ0n) is 10.8. The van der Waals surface area contributed by atoms with E-state index in [9.17, 15) is 4.79 Å². The third-order valence-corrected chi connectivity index (χ3v) is 2.99. The molecule has 1 aromatic carbocycles. The second-order valence-electron chi connectivity index (χ2n) is 4.39. The molecule has 0 saturated heterocycles. The number of aromatic carboxylic acids is 1. The van der Waals surface area contributed by atoms with Crippen molar-refractivity contribution in [2.75, 3.05) is 5.73 Å². The predicted octanol–water partition coefficient (Wildman–Crippen LogP) is 1.96. The normalized spacial score (nSPS) is 10.4. The van der Waals surface area contributed by atoms with Crippen molar-refractivity contribution in [3.05, 3.63) is 52.5 Å². The Kier molecular flexibility index (Phi) is 3.46. The monoisotopic (exact) mass is 257 g/mol. The maximum atomic E-state index is 11.0. The van der Waals surface area contributed by atoms with E-state index in [4.69, 9.17) is 10.8 Å². The van der Waals surface area contributed by atoms with Gasteiger partial charge in [-0.15, -0.1) is 0 Å². The summed E-state index contributed by atoms with van der Waals surface area (Å²) in [5, 5.41) is 9.01. The van der Waals surface area contributed by atoms with E-state index in [1.165, 1.54) is 0 Å². The number of anilines is 1. The molecule has 0 aliphatic rings. The van der Waals surface area contributed by atoms with Crippen LogP contribution in [0.1, 0.15) is 33.0 Å². The molecule has 5 nitrogen and oxygen atoms in total. The predicted molar refractivity (Wildman–Crippen MR) is 72.1 cm³/mol. The Morgan fingerprint density at radius 1 is 1.26 bits per heavy atom. The minimum absolute atomic E-state index is 0.0172. The lowest BCUT2D eigenvalue weighted by molar-refractivity contribution is 0.0696. The lowest BCUT2D eigenvalue weighted by Gasteiger charge is -2.08. The Balaban J connectivity index is 2.38. The number of hydrogen-bond acceptors (Lipinski definition) is 4. The number of aryl methyl sites for hydroxylation is 2.